The summed E-state index contributed by atoms with van der Waals surface area (Å²) in [4.78, 5) is 4.75. The summed E-state index contributed by atoms with van der Waals surface area (Å²) < 4.78 is 11.7. The van der Waals surface area contributed by atoms with Crippen LogP contribution in [0.2, 0.25) is 0 Å². The van der Waals surface area contributed by atoms with Gasteiger partial charge in [0.2, 0.25) is 0 Å². The van der Waals surface area contributed by atoms with Crippen LogP contribution in [-0.4, -0.2) is 18.2 Å². The molecule has 3 heteroatoms. The van der Waals surface area contributed by atoms with Crippen molar-refractivity contribution in [3.8, 4) is 33.9 Å². The third kappa shape index (κ3) is 7.13. The van der Waals surface area contributed by atoms with E-state index in [-0.39, 0.29) is 0 Å². The first-order valence-corrected chi connectivity index (χ1v) is 11.4. The second kappa shape index (κ2) is 11.0. The third-order valence-corrected chi connectivity index (χ3v) is 5.22. The van der Waals surface area contributed by atoms with E-state index in [1.54, 1.807) is 0 Å². The summed E-state index contributed by atoms with van der Waals surface area (Å²) in [6.45, 7) is 12.4. The van der Waals surface area contributed by atoms with E-state index in [1.165, 1.54) is 0 Å². The van der Waals surface area contributed by atoms with Crippen LogP contribution in [0.5, 0.6) is 11.5 Å². The average molecular weight is 418 g/mol. The fourth-order valence-electron chi connectivity index (χ4n) is 3.27. The summed E-state index contributed by atoms with van der Waals surface area (Å²) in [6, 6.07) is 20.8. The van der Waals surface area contributed by atoms with Crippen molar-refractivity contribution < 1.29 is 9.47 Å². The van der Waals surface area contributed by atoms with Gasteiger partial charge in [0.1, 0.15) is 11.5 Å². The van der Waals surface area contributed by atoms with Gasteiger partial charge in [0, 0.05) is 11.3 Å². The van der Waals surface area contributed by atoms with Gasteiger partial charge in [0.05, 0.1) is 18.9 Å². The number of hydrogen-bond acceptors (Lipinski definition) is 3. The van der Waals surface area contributed by atoms with E-state index in [1.807, 2.05) is 31.2 Å². The Balaban J connectivity index is 1.71. The Morgan fingerprint density at radius 3 is 1.61 bits per heavy atom. The number of hydrogen-bond donors (Lipinski definition) is 0. The van der Waals surface area contributed by atoms with Crippen molar-refractivity contribution in [3.63, 3.8) is 0 Å². The number of rotatable bonds is 10. The van der Waals surface area contributed by atoms with E-state index in [0.29, 0.717) is 11.8 Å². The molecule has 0 radical (unpaired) electrons. The van der Waals surface area contributed by atoms with Crippen molar-refractivity contribution in [2.45, 2.75) is 47.5 Å². The van der Waals surface area contributed by atoms with Gasteiger partial charge >= 0.3 is 0 Å². The Labute approximate surface area is 187 Å². The maximum absolute atomic E-state index is 5.85. The number of aryl methyl sites for hydroxylation is 1. The monoisotopic (exact) mass is 417 g/mol. The molecule has 0 bridgehead atoms. The zero-order chi connectivity index (χ0) is 22.2. The van der Waals surface area contributed by atoms with E-state index in [9.17, 15) is 0 Å². The first-order chi connectivity index (χ1) is 14.9. The number of pyridine rings is 1. The third-order valence-electron chi connectivity index (χ3n) is 5.22. The Morgan fingerprint density at radius 1 is 0.645 bits per heavy atom. The summed E-state index contributed by atoms with van der Waals surface area (Å²) in [5, 5.41) is 0. The fraction of sp³-hybridized carbons (Fsp3) is 0.393. The summed E-state index contributed by atoms with van der Waals surface area (Å²) in [5.41, 5.74) is 5.39. The highest BCUT2D eigenvalue weighted by atomic mass is 16.5. The molecule has 0 spiro atoms. The van der Waals surface area contributed by atoms with Crippen molar-refractivity contribution in [2.75, 3.05) is 13.2 Å². The Bertz CT molecular complexity index is 868. The predicted molar refractivity (Wildman–Crippen MR) is 130 cm³/mol. The van der Waals surface area contributed by atoms with Crippen LogP contribution in [0.4, 0.5) is 0 Å². The largest absolute Gasteiger partial charge is 0.494 e. The molecule has 0 saturated carbocycles. The summed E-state index contributed by atoms with van der Waals surface area (Å²) >= 11 is 0. The number of aromatic nitrogens is 1. The molecule has 1 heterocycles. The van der Waals surface area contributed by atoms with Gasteiger partial charge in [-0.05, 0) is 91.3 Å². The van der Waals surface area contributed by atoms with E-state index in [0.717, 1.165) is 65.6 Å². The molecule has 0 aliphatic carbocycles. The van der Waals surface area contributed by atoms with Crippen LogP contribution >= 0.6 is 0 Å². The van der Waals surface area contributed by atoms with E-state index in [4.69, 9.17) is 14.5 Å². The predicted octanol–water partition coefficient (Wildman–Crippen LogP) is 7.57. The standard InChI is InChI=1S/C28H35NO2/c1-20(2)14-16-30-26-10-6-23(7-11-26)25-18-22(5)29-28(19-25)24-8-12-27(13-9-24)31-17-15-21(3)4/h6-13,18-21H,14-17H2,1-5H3. The molecule has 0 unspecified atom stereocenters. The van der Waals surface area contributed by atoms with Gasteiger partial charge in [-0.25, -0.2) is 0 Å². The first kappa shape index (κ1) is 22.9. The number of nitrogens with zero attached hydrogens (tertiary/aromatic N) is 1. The highest BCUT2D eigenvalue weighted by Crippen LogP contribution is 2.28. The second-order valence-electron chi connectivity index (χ2n) is 8.99. The van der Waals surface area contributed by atoms with Crippen molar-refractivity contribution in [3.05, 3.63) is 66.4 Å². The second-order valence-corrected chi connectivity index (χ2v) is 8.99. The topological polar surface area (TPSA) is 31.4 Å². The van der Waals surface area contributed by atoms with E-state index in [2.05, 4.69) is 64.1 Å². The lowest BCUT2D eigenvalue weighted by atomic mass is 10.0. The van der Waals surface area contributed by atoms with Crippen LogP contribution in [0.1, 0.15) is 46.2 Å². The number of ether oxygens (including phenoxy) is 2. The van der Waals surface area contributed by atoms with E-state index >= 15 is 0 Å². The molecule has 1 aromatic heterocycles. The van der Waals surface area contributed by atoms with Crippen molar-refractivity contribution in [1.82, 2.24) is 4.98 Å². The highest BCUT2D eigenvalue weighted by Gasteiger charge is 2.07. The Hall–Kier alpha value is -2.81. The van der Waals surface area contributed by atoms with Crippen molar-refractivity contribution in [2.24, 2.45) is 11.8 Å². The van der Waals surface area contributed by atoms with Gasteiger partial charge in [-0.15, -0.1) is 0 Å². The van der Waals surface area contributed by atoms with Crippen LogP contribution in [0.25, 0.3) is 22.4 Å². The lowest BCUT2D eigenvalue weighted by molar-refractivity contribution is 0.289. The molecule has 0 amide bonds. The lowest BCUT2D eigenvalue weighted by Crippen LogP contribution is -2.01. The summed E-state index contributed by atoms with van der Waals surface area (Å²) in [6.07, 6.45) is 2.13. The molecular weight excluding hydrogens is 382 g/mol. The van der Waals surface area contributed by atoms with Gasteiger partial charge < -0.3 is 9.47 Å². The molecule has 0 fully saturated rings. The molecule has 0 aliphatic heterocycles. The van der Waals surface area contributed by atoms with E-state index < -0.39 is 0 Å². The molecule has 0 N–H and O–H groups in total. The SMILES string of the molecule is Cc1cc(-c2ccc(OCCC(C)C)cc2)cc(-c2ccc(OCCC(C)C)cc2)n1. The summed E-state index contributed by atoms with van der Waals surface area (Å²) in [5.74, 6) is 3.13. The zero-order valence-electron chi connectivity index (χ0n) is 19.5. The molecule has 3 nitrogen and oxygen atoms in total. The summed E-state index contributed by atoms with van der Waals surface area (Å²) in [7, 11) is 0. The highest BCUT2D eigenvalue weighted by molar-refractivity contribution is 5.71. The van der Waals surface area contributed by atoms with Gasteiger partial charge in [-0.2, -0.15) is 0 Å². The van der Waals surface area contributed by atoms with Gasteiger partial charge in [-0.1, -0.05) is 39.8 Å². The van der Waals surface area contributed by atoms with Crippen LogP contribution in [-0.2, 0) is 0 Å². The minimum absolute atomic E-state index is 0.648. The molecule has 31 heavy (non-hydrogen) atoms. The quantitative estimate of drug-likeness (QED) is 0.341. The molecular formula is C28H35NO2. The molecule has 0 aliphatic rings. The van der Waals surface area contributed by atoms with Gasteiger partial charge in [-0.3, -0.25) is 4.98 Å². The molecule has 0 atom stereocenters. The minimum atomic E-state index is 0.648. The van der Waals surface area contributed by atoms with Crippen LogP contribution in [0.15, 0.2) is 60.7 Å². The van der Waals surface area contributed by atoms with Crippen LogP contribution in [0.3, 0.4) is 0 Å². The molecule has 0 saturated heterocycles. The van der Waals surface area contributed by atoms with Crippen molar-refractivity contribution in [1.29, 1.82) is 0 Å². The van der Waals surface area contributed by atoms with Crippen LogP contribution < -0.4 is 9.47 Å². The van der Waals surface area contributed by atoms with Gasteiger partial charge in [0.15, 0.2) is 0 Å². The van der Waals surface area contributed by atoms with Gasteiger partial charge in [0.25, 0.3) is 0 Å². The molecule has 164 valence electrons. The maximum atomic E-state index is 5.85. The van der Waals surface area contributed by atoms with Crippen molar-refractivity contribution >= 4 is 0 Å². The number of benzene rings is 2. The average Bonchev–Trinajstić information content (AvgIpc) is 2.74. The van der Waals surface area contributed by atoms with Crippen LogP contribution in [0, 0.1) is 18.8 Å². The Kier molecular flexibility index (Phi) is 8.11. The first-order valence-electron chi connectivity index (χ1n) is 11.4. The fourth-order valence-corrected chi connectivity index (χ4v) is 3.27. The maximum Gasteiger partial charge on any atom is 0.119 e. The normalized spacial score (nSPS) is 11.2. The lowest BCUT2D eigenvalue weighted by Gasteiger charge is -2.11. The molecule has 2 aromatic carbocycles. The molecule has 3 rings (SSSR count). The molecule has 3 aromatic rings. The minimum Gasteiger partial charge on any atom is -0.494 e. The zero-order valence-corrected chi connectivity index (χ0v) is 19.5. The smallest absolute Gasteiger partial charge is 0.119 e. The Morgan fingerprint density at radius 2 is 1.13 bits per heavy atom.